The van der Waals surface area contributed by atoms with Gasteiger partial charge in [0.15, 0.2) is 0 Å². The zero-order valence-corrected chi connectivity index (χ0v) is 13.4. The highest BCUT2D eigenvalue weighted by molar-refractivity contribution is 6.12. The molecule has 1 unspecified atom stereocenters. The third-order valence-electron chi connectivity index (χ3n) is 5.43. The van der Waals surface area contributed by atoms with E-state index >= 15 is 0 Å². The standard InChI is InChI=1S/C17H22BNO3/c1-11-15-16(18)22-17(11,12(2)19(15)3)9-14(20)21-10-13-7-5-4-6-8-13/h4-8,11-12,15-16H,9-10H2,1-3H3/t11?,12-,15+,16-,17-/m1/s1. The quantitative estimate of drug-likeness (QED) is 0.627. The fraction of sp³-hybridized carbons (Fsp3) is 0.588. The summed E-state index contributed by atoms with van der Waals surface area (Å²) in [5, 5.41) is 0. The Morgan fingerprint density at radius 1 is 1.36 bits per heavy atom. The Balaban J connectivity index is 1.66. The number of likely N-dealkylation sites (tertiary alicyclic amines) is 1. The molecule has 1 aromatic carbocycles. The van der Waals surface area contributed by atoms with Crippen LogP contribution in [0.25, 0.3) is 0 Å². The molecule has 2 heterocycles. The summed E-state index contributed by atoms with van der Waals surface area (Å²) in [5.74, 6) is -0.0162. The molecular weight excluding hydrogens is 277 g/mol. The van der Waals surface area contributed by atoms with Crippen molar-refractivity contribution in [2.24, 2.45) is 5.92 Å². The van der Waals surface area contributed by atoms with Gasteiger partial charge in [0.1, 0.15) is 14.5 Å². The van der Waals surface area contributed by atoms with Gasteiger partial charge >= 0.3 is 5.97 Å². The number of hydrogen-bond donors (Lipinski definition) is 0. The molecule has 2 bridgehead atoms. The minimum atomic E-state index is -0.535. The van der Waals surface area contributed by atoms with Crippen LogP contribution in [0.5, 0.6) is 0 Å². The van der Waals surface area contributed by atoms with Crippen LogP contribution in [0.15, 0.2) is 30.3 Å². The van der Waals surface area contributed by atoms with E-state index in [1.54, 1.807) is 0 Å². The molecule has 5 heteroatoms. The molecule has 2 fully saturated rings. The predicted molar refractivity (Wildman–Crippen MR) is 84.4 cm³/mol. The first kappa shape index (κ1) is 15.6. The fourth-order valence-electron chi connectivity index (χ4n) is 4.04. The van der Waals surface area contributed by atoms with Crippen LogP contribution < -0.4 is 0 Å². The number of benzene rings is 1. The van der Waals surface area contributed by atoms with E-state index in [0.717, 1.165) is 5.56 Å². The van der Waals surface area contributed by atoms with E-state index in [4.69, 9.17) is 17.3 Å². The van der Waals surface area contributed by atoms with Gasteiger partial charge in [-0.1, -0.05) is 37.3 Å². The highest BCUT2D eigenvalue weighted by Gasteiger charge is 2.63. The van der Waals surface area contributed by atoms with E-state index in [9.17, 15) is 4.79 Å². The van der Waals surface area contributed by atoms with Crippen molar-refractivity contribution in [2.45, 2.75) is 50.6 Å². The molecule has 2 radical (unpaired) electrons. The molecule has 0 aliphatic carbocycles. The molecule has 0 aromatic heterocycles. The summed E-state index contributed by atoms with van der Waals surface area (Å²) in [6.45, 7) is 4.50. The molecule has 0 saturated carbocycles. The number of ether oxygens (including phenoxy) is 2. The van der Waals surface area contributed by atoms with Crippen molar-refractivity contribution in [1.82, 2.24) is 4.90 Å². The first-order valence-corrected chi connectivity index (χ1v) is 7.80. The van der Waals surface area contributed by atoms with E-state index in [0.29, 0.717) is 6.61 Å². The van der Waals surface area contributed by atoms with Crippen LogP contribution in [0.1, 0.15) is 25.8 Å². The van der Waals surface area contributed by atoms with Gasteiger partial charge < -0.3 is 9.47 Å². The predicted octanol–water partition coefficient (Wildman–Crippen LogP) is 1.72. The van der Waals surface area contributed by atoms with Crippen LogP contribution >= 0.6 is 0 Å². The molecule has 2 aliphatic rings. The lowest BCUT2D eigenvalue weighted by molar-refractivity contribution is -0.158. The second-order valence-electron chi connectivity index (χ2n) is 6.48. The maximum atomic E-state index is 12.3. The second-order valence-corrected chi connectivity index (χ2v) is 6.48. The summed E-state index contributed by atoms with van der Waals surface area (Å²) in [7, 11) is 8.12. The van der Waals surface area contributed by atoms with Gasteiger partial charge in [0, 0.05) is 24.0 Å². The Morgan fingerprint density at radius 2 is 2.05 bits per heavy atom. The normalized spacial score (nSPS) is 37.4. The molecule has 2 aliphatic heterocycles. The molecule has 22 heavy (non-hydrogen) atoms. The van der Waals surface area contributed by atoms with Gasteiger partial charge in [0.05, 0.1) is 12.0 Å². The summed E-state index contributed by atoms with van der Waals surface area (Å²) in [4.78, 5) is 14.5. The summed E-state index contributed by atoms with van der Waals surface area (Å²) >= 11 is 0. The number of fused-ring (bicyclic) bond motifs is 2. The maximum absolute atomic E-state index is 12.3. The van der Waals surface area contributed by atoms with Gasteiger partial charge in [-0.05, 0) is 19.5 Å². The molecule has 3 rings (SSSR count). The minimum Gasteiger partial charge on any atom is -0.461 e. The van der Waals surface area contributed by atoms with Crippen molar-refractivity contribution < 1.29 is 14.3 Å². The van der Waals surface area contributed by atoms with Crippen molar-refractivity contribution >= 4 is 13.8 Å². The van der Waals surface area contributed by atoms with Crippen LogP contribution in [0.2, 0.25) is 0 Å². The van der Waals surface area contributed by atoms with Gasteiger partial charge in [0.25, 0.3) is 0 Å². The van der Waals surface area contributed by atoms with Crippen molar-refractivity contribution in [3.8, 4) is 0 Å². The summed E-state index contributed by atoms with van der Waals surface area (Å²) in [6.07, 6.45) is 0.247. The smallest absolute Gasteiger partial charge is 0.309 e. The van der Waals surface area contributed by atoms with E-state index in [-0.39, 0.29) is 36.4 Å². The molecule has 116 valence electrons. The van der Waals surface area contributed by atoms with Crippen molar-refractivity contribution in [1.29, 1.82) is 0 Å². The van der Waals surface area contributed by atoms with Crippen LogP contribution in [0, 0.1) is 5.92 Å². The molecule has 0 amide bonds. The van der Waals surface area contributed by atoms with Crippen molar-refractivity contribution in [2.75, 3.05) is 7.05 Å². The monoisotopic (exact) mass is 299 g/mol. The zero-order valence-electron chi connectivity index (χ0n) is 13.4. The highest BCUT2D eigenvalue weighted by Crippen LogP contribution is 2.50. The first-order chi connectivity index (χ1) is 10.5. The third kappa shape index (κ3) is 2.36. The maximum Gasteiger partial charge on any atom is 0.309 e. The highest BCUT2D eigenvalue weighted by atomic mass is 16.5. The van der Waals surface area contributed by atoms with Crippen molar-refractivity contribution in [3.63, 3.8) is 0 Å². The van der Waals surface area contributed by atoms with E-state index < -0.39 is 5.60 Å². The van der Waals surface area contributed by atoms with Crippen LogP contribution in [0.3, 0.4) is 0 Å². The van der Waals surface area contributed by atoms with Crippen LogP contribution in [-0.2, 0) is 20.9 Å². The van der Waals surface area contributed by atoms with E-state index in [1.165, 1.54) is 0 Å². The topological polar surface area (TPSA) is 38.8 Å². The third-order valence-corrected chi connectivity index (χ3v) is 5.43. The van der Waals surface area contributed by atoms with E-state index in [2.05, 4.69) is 18.7 Å². The van der Waals surface area contributed by atoms with Gasteiger partial charge in [-0.15, -0.1) is 0 Å². The Hall–Kier alpha value is -1.33. The molecule has 0 spiro atoms. The number of rotatable bonds is 4. The molecule has 1 aromatic rings. The van der Waals surface area contributed by atoms with Gasteiger partial charge in [-0.3, -0.25) is 9.69 Å². The first-order valence-electron chi connectivity index (χ1n) is 7.80. The zero-order chi connectivity index (χ0) is 15.9. The summed E-state index contributed by atoms with van der Waals surface area (Å²) in [6, 6.07) is 9.67. The number of likely N-dealkylation sites (N-methyl/N-ethyl adjacent to an activating group) is 1. The Morgan fingerprint density at radius 3 is 2.68 bits per heavy atom. The molecule has 0 N–H and O–H groups in total. The second kappa shape index (κ2) is 5.71. The molecule has 4 nitrogen and oxygen atoms in total. The van der Waals surface area contributed by atoms with E-state index in [1.807, 2.05) is 37.4 Å². The van der Waals surface area contributed by atoms with Crippen LogP contribution in [0.4, 0.5) is 0 Å². The molecule has 5 atom stereocenters. The average Bonchev–Trinajstić information content (AvgIpc) is 2.84. The lowest BCUT2D eigenvalue weighted by atomic mass is 9.81. The number of hydrogen-bond acceptors (Lipinski definition) is 4. The average molecular weight is 299 g/mol. The minimum absolute atomic E-state index is 0.150. The summed E-state index contributed by atoms with van der Waals surface area (Å²) in [5.41, 5.74) is 0.451. The Bertz CT molecular complexity index is 552. The number of carbonyl (C=O) groups excluding carboxylic acids is 1. The number of morpholine rings is 1. The van der Waals surface area contributed by atoms with Gasteiger partial charge in [-0.2, -0.15) is 0 Å². The number of carbonyl (C=O) groups is 1. The molecular formula is C17H22BNO3. The largest absolute Gasteiger partial charge is 0.461 e. The fourth-order valence-corrected chi connectivity index (χ4v) is 4.04. The SMILES string of the molecule is [B][C@@H]1O[C@]2(CC(=O)OCc3ccccc3)C(C)[C@@H]1N(C)[C@@H]2C. The number of nitrogens with zero attached hydrogens (tertiary/aromatic N) is 1. The Labute approximate surface area is 133 Å². The van der Waals surface area contributed by atoms with Gasteiger partial charge in [-0.25, -0.2) is 0 Å². The lowest BCUT2D eigenvalue weighted by Gasteiger charge is -2.40. The molecule has 2 saturated heterocycles. The number of esters is 1. The Kier molecular flexibility index (Phi) is 4.04. The van der Waals surface area contributed by atoms with Crippen molar-refractivity contribution in [3.05, 3.63) is 35.9 Å². The van der Waals surface area contributed by atoms with Gasteiger partial charge in [0.2, 0.25) is 0 Å². The van der Waals surface area contributed by atoms with Crippen LogP contribution in [-0.4, -0.2) is 49.5 Å². The lowest BCUT2D eigenvalue weighted by Crippen LogP contribution is -2.53. The summed E-state index contributed by atoms with van der Waals surface area (Å²) < 4.78 is 11.4.